The maximum atomic E-state index is 13.4. The zero-order chi connectivity index (χ0) is 11.3. The summed E-state index contributed by atoms with van der Waals surface area (Å²) in [5.41, 5.74) is 0.637. The average Bonchev–Trinajstić information content (AvgIpc) is 2.18. The highest BCUT2D eigenvalue weighted by molar-refractivity contribution is 5.47. The van der Waals surface area contributed by atoms with E-state index in [-0.39, 0.29) is 18.5 Å². The van der Waals surface area contributed by atoms with Gasteiger partial charge in [-0.05, 0) is 26.0 Å². The van der Waals surface area contributed by atoms with Crippen molar-refractivity contribution in [3.05, 3.63) is 24.0 Å². The fourth-order valence-electron chi connectivity index (χ4n) is 1.16. The number of aliphatic hydroxyl groups is 1. The number of hydrogen-bond donors (Lipinski definition) is 2. The SMILES string of the molecule is CC(C)Oc1ccc(NCCO)cc1F. The van der Waals surface area contributed by atoms with Crippen LogP contribution in [0.15, 0.2) is 18.2 Å². The van der Waals surface area contributed by atoms with Gasteiger partial charge in [0.2, 0.25) is 0 Å². The number of benzene rings is 1. The molecule has 0 aliphatic rings. The minimum Gasteiger partial charge on any atom is -0.488 e. The van der Waals surface area contributed by atoms with Crippen LogP contribution in [-0.4, -0.2) is 24.4 Å². The first kappa shape index (κ1) is 11.8. The van der Waals surface area contributed by atoms with Gasteiger partial charge in [0.1, 0.15) is 0 Å². The first-order valence-corrected chi connectivity index (χ1v) is 4.94. The van der Waals surface area contributed by atoms with Crippen LogP contribution in [0.1, 0.15) is 13.8 Å². The molecule has 1 aromatic carbocycles. The quantitative estimate of drug-likeness (QED) is 0.786. The van der Waals surface area contributed by atoms with Gasteiger partial charge in [-0.1, -0.05) is 0 Å². The summed E-state index contributed by atoms with van der Waals surface area (Å²) in [4.78, 5) is 0. The molecule has 0 atom stereocenters. The second-order valence-electron chi connectivity index (χ2n) is 3.46. The molecule has 0 fully saturated rings. The molecule has 1 rings (SSSR count). The van der Waals surface area contributed by atoms with Crippen molar-refractivity contribution >= 4 is 5.69 Å². The van der Waals surface area contributed by atoms with Crippen LogP contribution < -0.4 is 10.1 Å². The molecule has 0 radical (unpaired) electrons. The van der Waals surface area contributed by atoms with Crippen LogP contribution in [0.25, 0.3) is 0 Å². The van der Waals surface area contributed by atoms with Gasteiger partial charge in [0.25, 0.3) is 0 Å². The predicted octanol–water partition coefficient (Wildman–Crippen LogP) is 2.02. The highest BCUT2D eigenvalue weighted by Crippen LogP contribution is 2.21. The first-order valence-electron chi connectivity index (χ1n) is 4.94. The van der Waals surface area contributed by atoms with Gasteiger partial charge in [0, 0.05) is 18.3 Å². The Morgan fingerprint density at radius 1 is 1.47 bits per heavy atom. The van der Waals surface area contributed by atoms with Gasteiger partial charge in [-0.2, -0.15) is 0 Å². The highest BCUT2D eigenvalue weighted by atomic mass is 19.1. The third-order valence-electron chi connectivity index (χ3n) is 1.74. The van der Waals surface area contributed by atoms with Gasteiger partial charge < -0.3 is 15.2 Å². The molecule has 0 saturated carbocycles. The molecule has 3 nitrogen and oxygen atoms in total. The number of hydrogen-bond acceptors (Lipinski definition) is 3. The average molecular weight is 213 g/mol. The summed E-state index contributed by atoms with van der Waals surface area (Å²) in [6.45, 7) is 4.12. The van der Waals surface area contributed by atoms with Crippen LogP contribution in [0, 0.1) is 5.82 Å². The lowest BCUT2D eigenvalue weighted by molar-refractivity contribution is 0.231. The van der Waals surface area contributed by atoms with Gasteiger partial charge in [0.15, 0.2) is 11.6 Å². The van der Waals surface area contributed by atoms with E-state index in [1.807, 2.05) is 13.8 Å². The van der Waals surface area contributed by atoms with Crippen LogP contribution in [0.2, 0.25) is 0 Å². The predicted molar refractivity (Wildman–Crippen MR) is 57.7 cm³/mol. The third-order valence-corrected chi connectivity index (χ3v) is 1.74. The van der Waals surface area contributed by atoms with Crippen molar-refractivity contribution in [3.63, 3.8) is 0 Å². The Bertz CT molecular complexity index is 315. The molecule has 0 saturated heterocycles. The van der Waals surface area contributed by atoms with Crippen molar-refractivity contribution in [3.8, 4) is 5.75 Å². The molecule has 0 aliphatic carbocycles. The topological polar surface area (TPSA) is 41.5 Å². The second kappa shape index (κ2) is 5.56. The summed E-state index contributed by atoms with van der Waals surface area (Å²) >= 11 is 0. The molecule has 0 unspecified atom stereocenters. The van der Waals surface area contributed by atoms with Gasteiger partial charge in [0.05, 0.1) is 12.7 Å². The van der Waals surface area contributed by atoms with Gasteiger partial charge >= 0.3 is 0 Å². The molecule has 0 aromatic heterocycles. The van der Waals surface area contributed by atoms with E-state index in [0.29, 0.717) is 12.2 Å². The Balaban J connectivity index is 2.70. The Morgan fingerprint density at radius 3 is 2.73 bits per heavy atom. The molecule has 84 valence electrons. The molecular formula is C11H16FNO2. The zero-order valence-corrected chi connectivity index (χ0v) is 8.96. The largest absolute Gasteiger partial charge is 0.488 e. The minimum atomic E-state index is -0.397. The minimum absolute atomic E-state index is 0.0197. The molecule has 0 spiro atoms. The van der Waals surface area contributed by atoms with E-state index in [9.17, 15) is 4.39 Å². The van der Waals surface area contributed by atoms with Crippen molar-refractivity contribution < 1.29 is 14.2 Å². The molecule has 0 bridgehead atoms. The normalized spacial score (nSPS) is 10.5. The van der Waals surface area contributed by atoms with E-state index < -0.39 is 5.82 Å². The standard InChI is InChI=1S/C11H16FNO2/c1-8(2)15-11-4-3-9(7-10(11)12)13-5-6-14/h3-4,7-8,13-14H,5-6H2,1-2H3. The fraction of sp³-hybridized carbons (Fsp3) is 0.455. The molecule has 0 amide bonds. The lowest BCUT2D eigenvalue weighted by Gasteiger charge is -2.11. The van der Waals surface area contributed by atoms with Crippen molar-refractivity contribution in [2.45, 2.75) is 20.0 Å². The number of anilines is 1. The lowest BCUT2D eigenvalue weighted by Crippen LogP contribution is -2.08. The zero-order valence-electron chi connectivity index (χ0n) is 8.96. The molecule has 2 N–H and O–H groups in total. The number of halogens is 1. The maximum absolute atomic E-state index is 13.4. The summed E-state index contributed by atoms with van der Waals surface area (Å²) in [6.07, 6.45) is -0.0456. The Labute approximate surface area is 88.9 Å². The van der Waals surface area contributed by atoms with E-state index in [4.69, 9.17) is 9.84 Å². The summed E-state index contributed by atoms with van der Waals surface area (Å²) in [7, 11) is 0. The maximum Gasteiger partial charge on any atom is 0.167 e. The molecule has 4 heteroatoms. The summed E-state index contributed by atoms with van der Waals surface area (Å²) in [6, 6.07) is 4.65. The Morgan fingerprint density at radius 2 is 2.20 bits per heavy atom. The summed E-state index contributed by atoms with van der Waals surface area (Å²) < 4.78 is 18.7. The smallest absolute Gasteiger partial charge is 0.167 e. The van der Waals surface area contributed by atoms with Crippen LogP contribution in [0.4, 0.5) is 10.1 Å². The number of aliphatic hydroxyl groups excluding tert-OH is 1. The van der Waals surface area contributed by atoms with Crippen molar-refractivity contribution in [1.82, 2.24) is 0 Å². The van der Waals surface area contributed by atoms with Crippen molar-refractivity contribution in [2.24, 2.45) is 0 Å². The fourth-order valence-corrected chi connectivity index (χ4v) is 1.16. The Hall–Kier alpha value is -1.29. The number of nitrogens with one attached hydrogen (secondary N) is 1. The highest BCUT2D eigenvalue weighted by Gasteiger charge is 2.05. The molecule has 1 aromatic rings. The van der Waals surface area contributed by atoms with Gasteiger partial charge in [-0.25, -0.2) is 4.39 Å². The lowest BCUT2D eigenvalue weighted by atomic mass is 10.3. The van der Waals surface area contributed by atoms with Gasteiger partial charge in [-0.3, -0.25) is 0 Å². The van der Waals surface area contributed by atoms with E-state index in [1.165, 1.54) is 6.07 Å². The third kappa shape index (κ3) is 3.75. The number of ether oxygens (including phenoxy) is 1. The molecule has 0 heterocycles. The van der Waals surface area contributed by atoms with E-state index in [1.54, 1.807) is 12.1 Å². The van der Waals surface area contributed by atoms with Crippen molar-refractivity contribution in [1.29, 1.82) is 0 Å². The van der Waals surface area contributed by atoms with E-state index >= 15 is 0 Å². The van der Waals surface area contributed by atoms with Crippen LogP contribution in [0.3, 0.4) is 0 Å². The van der Waals surface area contributed by atoms with Crippen LogP contribution >= 0.6 is 0 Å². The molecule has 15 heavy (non-hydrogen) atoms. The summed E-state index contributed by atoms with van der Waals surface area (Å²) in [5, 5.41) is 11.5. The van der Waals surface area contributed by atoms with E-state index in [2.05, 4.69) is 5.32 Å². The first-order chi connectivity index (χ1) is 7.13. The van der Waals surface area contributed by atoms with E-state index in [0.717, 1.165) is 0 Å². The molecule has 0 aliphatic heterocycles. The Kier molecular flexibility index (Phi) is 4.37. The molecular weight excluding hydrogens is 197 g/mol. The summed E-state index contributed by atoms with van der Waals surface area (Å²) in [5.74, 6) is -0.147. The number of rotatable bonds is 5. The van der Waals surface area contributed by atoms with Gasteiger partial charge in [-0.15, -0.1) is 0 Å². The second-order valence-corrected chi connectivity index (χ2v) is 3.46. The van der Waals surface area contributed by atoms with Crippen LogP contribution in [0.5, 0.6) is 5.75 Å². The monoisotopic (exact) mass is 213 g/mol. The van der Waals surface area contributed by atoms with Crippen molar-refractivity contribution in [2.75, 3.05) is 18.5 Å². The van der Waals surface area contributed by atoms with Crippen LogP contribution in [-0.2, 0) is 0 Å².